The second-order valence-corrected chi connectivity index (χ2v) is 8.32. The highest BCUT2D eigenvalue weighted by atomic mass is 19.4. The van der Waals surface area contributed by atoms with Gasteiger partial charge in [0, 0.05) is 12.8 Å². The molecule has 0 aliphatic rings. The summed E-state index contributed by atoms with van der Waals surface area (Å²) >= 11 is 0. The molecule has 0 heterocycles. The molecule has 0 aliphatic heterocycles. The Kier molecular flexibility index (Phi) is 9.22. The van der Waals surface area contributed by atoms with Crippen LogP contribution in [0.15, 0.2) is 66.7 Å². The average molecular weight is 503 g/mol. The van der Waals surface area contributed by atoms with Gasteiger partial charge in [0.1, 0.15) is 11.5 Å². The van der Waals surface area contributed by atoms with Gasteiger partial charge in [0.05, 0.1) is 18.3 Å². The summed E-state index contributed by atoms with van der Waals surface area (Å²) in [6.07, 6.45) is -3.10. The Morgan fingerprint density at radius 1 is 0.944 bits per heavy atom. The van der Waals surface area contributed by atoms with Crippen LogP contribution in [0, 0.1) is 0 Å². The highest BCUT2D eigenvalue weighted by Crippen LogP contribution is 2.38. The maximum absolute atomic E-state index is 13.2. The topological polar surface area (TPSA) is 65.0 Å². The lowest BCUT2D eigenvalue weighted by Crippen LogP contribution is -2.16. The predicted molar refractivity (Wildman–Crippen MR) is 130 cm³/mol. The Labute approximate surface area is 208 Å². The zero-order valence-electron chi connectivity index (χ0n) is 20.2. The van der Waals surface area contributed by atoms with E-state index in [0.717, 1.165) is 29.7 Å². The number of carbonyl (C=O) groups is 1. The Morgan fingerprint density at radius 2 is 1.69 bits per heavy atom. The van der Waals surface area contributed by atoms with Gasteiger partial charge < -0.3 is 19.3 Å². The lowest BCUT2D eigenvalue weighted by molar-refractivity contribution is -0.138. The fraction of sp³-hybridized carbons (Fsp3) is 0.321. The first-order valence-electron chi connectivity index (χ1n) is 11.7. The number of carboxylic acids is 1. The molecule has 8 heteroatoms. The van der Waals surface area contributed by atoms with Crippen molar-refractivity contribution in [2.45, 2.75) is 51.8 Å². The number of carboxylic acid groups (broad SMARTS) is 1. The smallest absolute Gasteiger partial charge is 0.416 e. The van der Waals surface area contributed by atoms with E-state index in [4.69, 9.17) is 19.3 Å². The van der Waals surface area contributed by atoms with E-state index in [1.807, 2.05) is 25.1 Å². The molecule has 192 valence electrons. The third-order valence-electron chi connectivity index (χ3n) is 5.53. The molecule has 0 aromatic heterocycles. The molecule has 0 spiro atoms. The van der Waals surface area contributed by atoms with Gasteiger partial charge in [0.15, 0.2) is 11.5 Å². The van der Waals surface area contributed by atoms with Gasteiger partial charge in [-0.2, -0.15) is 13.2 Å². The highest BCUT2D eigenvalue weighted by Gasteiger charge is 2.31. The number of aryl methyl sites for hydroxylation is 2. The standard InChI is InChI=1S/C28H29F3O5/c1-3-20-17-24(12-9-21(20)10-14-27(32)33)34-16-15-19(2)35-25-13-11-22(28(29,30)31)18-26(25)36-23-7-5-4-6-8-23/h4-9,11-13,17-19H,3,10,14-16H2,1-2H3,(H,32,33)/t19-/m1/s1. The van der Waals surface area contributed by atoms with E-state index in [2.05, 4.69) is 0 Å². The number of para-hydroxylation sites is 1. The maximum atomic E-state index is 13.2. The molecule has 0 amide bonds. The van der Waals surface area contributed by atoms with Gasteiger partial charge >= 0.3 is 12.1 Å². The van der Waals surface area contributed by atoms with Crippen LogP contribution in [0.3, 0.4) is 0 Å². The third-order valence-corrected chi connectivity index (χ3v) is 5.53. The van der Waals surface area contributed by atoms with Crippen molar-refractivity contribution in [2.24, 2.45) is 0 Å². The van der Waals surface area contributed by atoms with E-state index in [9.17, 15) is 18.0 Å². The van der Waals surface area contributed by atoms with Crippen molar-refractivity contribution >= 4 is 5.97 Å². The van der Waals surface area contributed by atoms with Crippen LogP contribution in [-0.4, -0.2) is 23.8 Å². The van der Waals surface area contributed by atoms with Crippen LogP contribution in [0.5, 0.6) is 23.0 Å². The fourth-order valence-corrected chi connectivity index (χ4v) is 3.60. The zero-order valence-corrected chi connectivity index (χ0v) is 20.2. The van der Waals surface area contributed by atoms with E-state index in [0.29, 0.717) is 30.9 Å². The summed E-state index contributed by atoms with van der Waals surface area (Å²) in [6.45, 7) is 4.13. The average Bonchev–Trinajstić information content (AvgIpc) is 2.84. The third kappa shape index (κ3) is 7.93. The number of alkyl halides is 3. The number of benzene rings is 3. The van der Waals surface area contributed by atoms with Crippen molar-refractivity contribution in [3.63, 3.8) is 0 Å². The highest BCUT2D eigenvalue weighted by molar-refractivity contribution is 5.67. The molecule has 0 unspecified atom stereocenters. The summed E-state index contributed by atoms with van der Waals surface area (Å²) in [5, 5.41) is 8.91. The molecule has 0 aliphatic carbocycles. The fourth-order valence-electron chi connectivity index (χ4n) is 3.60. The summed E-state index contributed by atoms with van der Waals surface area (Å²) < 4.78 is 57.2. The number of hydrogen-bond acceptors (Lipinski definition) is 4. The predicted octanol–water partition coefficient (Wildman–Crippen LogP) is 7.31. The zero-order chi connectivity index (χ0) is 26.1. The monoisotopic (exact) mass is 502 g/mol. The van der Waals surface area contributed by atoms with Crippen molar-refractivity contribution in [3.05, 3.63) is 83.4 Å². The molecule has 36 heavy (non-hydrogen) atoms. The Morgan fingerprint density at radius 3 is 2.36 bits per heavy atom. The SMILES string of the molecule is CCc1cc(OCC[C@@H](C)Oc2ccc(C(F)(F)F)cc2Oc2ccccc2)ccc1CCC(=O)O. The minimum absolute atomic E-state index is 0.0201. The van der Waals surface area contributed by atoms with Crippen LogP contribution < -0.4 is 14.2 Å². The van der Waals surface area contributed by atoms with Crippen molar-refractivity contribution < 1.29 is 37.3 Å². The van der Waals surface area contributed by atoms with Crippen LogP contribution in [0.2, 0.25) is 0 Å². The quantitative estimate of drug-likeness (QED) is 0.281. The van der Waals surface area contributed by atoms with Crippen LogP contribution in [-0.2, 0) is 23.8 Å². The van der Waals surface area contributed by atoms with Gasteiger partial charge in [-0.15, -0.1) is 0 Å². The lowest BCUT2D eigenvalue weighted by atomic mass is 10.0. The molecule has 1 N–H and O–H groups in total. The van der Waals surface area contributed by atoms with E-state index in [-0.39, 0.29) is 24.0 Å². The minimum Gasteiger partial charge on any atom is -0.493 e. The van der Waals surface area contributed by atoms with Gasteiger partial charge in [-0.3, -0.25) is 4.79 Å². The van der Waals surface area contributed by atoms with Gasteiger partial charge in [0.25, 0.3) is 0 Å². The summed E-state index contributed by atoms with van der Waals surface area (Å²) in [6, 6.07) is 17.3. The Bertz CT molecular complexity index is 1150. The molecular formula is C28H29F3O5. The van der Waals surface area contributed by atoms with Gasteiger partial charge in [-0.1, -0.05) is 31.2 Å². The summed E-state index contributed by atoms with van der Waals surface area (Å²) in [4.78, 5) is 10.9. The van der Waals surface area contributed by atoms with Crippen molar-refractivity contribution in [3.8, 4) is 23.0 Å². The Hall–Kier alpha value is -3.68. The molecule has 0 saturated heterocycles. The normalized spacial score (nSPS) is 12.1. The second kappa shape index (κ2) is 12.3. The number of ether oxygens (including phenoxy) is 3. The van der Waals surface area contributed by atoms with E-state index < -0.39 is 17.7 Å². The molecule has 1 atom stereocenters. The maximum Gasteiger partial charge on any atom is 0.416 e. The van der Waals surface area contributed by atoms with E-state index in [1.165, 1.54) is 6.07 Å². The Balaban J connectivity index is 1.63. The molecule has 0 fully saturated rings. The van der Waals surface area contributed by atoms with Crippen LogP contribution in [0.1, 0.15) is 43.4 Å². The molecule has 3 rings (SSSR count). The lowest BCUT2D eigenvalue weighted by Gasteiger charge is -2.19. The first-order chi connectivity index (χ1) is 17.2. The minimum atomic E-state index is -4.51. The number of aliphatic carboxylic acids is 1. The number of rotatable bonds is 12. The number of hydrogen-bond donors (Lipinski definition) is 1. The van der Waals surface area contributed by atoms with Gasteiger partial charge in [-0.25, -0.2) is 0 Å². The largest absolute Gasteiger partial charge is 0.493 e. The first kappa shape index (κ1) is 26.9. The van der Waals surface area contributed by atoms with E-state index >= 15 is 0 Å². The summed E-state index contributed by atoms with van der Waals surface area (Å²) in [5.41, 5.74) is 1.19. The molecule has 3 aromatic rings. The van der Waals surface area contributed by atoms with Crippen LogP contribution in [0.25, 0.3) is 0 Å². The van der Waals surface area contributed by atoms with Crippen molar-refractivity contribution in [1.82, 2.24) is 0 Å². The molecule has 0 radical (unpaired) electrons. The van der Waals surface area contributed by atoms with Crippen LogP contribution >= 0.6 is 0 Å². The summed E-state index contributed by atoms with van der Waals surface area (Å²) in [7, 11) is 0. The molecule has 0 saturated carbocycles. The van der Waals surface area contributed by atoms with E-state index in [1.54, 1.807) is 37.3 Å². The molecule has 3 aromatic carbocycles. The van der Waals surface area contributed by atoms with Crippen molar-refractivity contribution in [2.75, 3.05) is 6.61 Å². The summed E-state index contributed by atoms with van der Waals surface area (Å²) in [5.74, 6) is 0.414. The second-order valence-electron chi connectivity index (χ2n) is 8.32. The van der Waals surface area contributed by atoms with Gasteiger partial charge in [-0.05, 0) is 73.4 Å². The van der Waals surface area contributed by atoms with Gasteiger partial charge in [0.2, 0.25) is 0 Å². The molecule has 0 bridgehead atoms. The molecule has 5 nitrogen and oxygen atoms in total. The van der Waals surface area contributed by atoms with Crippen molar-refractivity contribution in [1.29, 1.82) is 0 Å². The first-order valence-corrected chi connectivity index (χ1v) is 11.7. The van der Waals surface area contributed by atoms with Crippen LogP contribution in [0.4, 0.5) is 13.2 Å². The molecular weight excluding hydrogens is 473 g/mol. The number of halogens is 3.